The van der Waals surface area contributed by atoms with Gasteiger partial charge >= 0.3 is 0 Å². The Morgan fingerprint density at radius 2 is 1.85 bits per heavy atom. The molecule has 140 valence electrons. The fraction of sp³-hybridized carbons (Fsp3) is 0.400. The van der Waals surface area contributed by atoms with Gasteiger partial charge in [0.1, 0.15) is 5.75 Å². The third-order valence-corrected chi connectivity index (χ3v) is 6.84. The third-order valence-electron chi connectivity index (χ3n) is 4.77. The van der Waals surface area contributed by atoms with Crippen molar-refractivity contribution < 1.29 is 17.9 Å². The van der Waals surface area contributed by atoms with Crippen molar-refractivity contribution >= 4 is 10.0 Å². The summed E-state index contributed by atoms with van der Waals surface area (Å²) in [6, 6.07) is 14.7. The minimum atomic E-state index is -3.66. The van der Waals surface area contributed by atoms with E-state index in [1.54, 1.807) is 29.6 Å². The van der Waals surface area contributed by atoms with Crippen molar-refractivity contribution in [1.82, 2.24) is 4.31 Å². The maximum atomic E-state index is 13.4. The summed E-state index contributed by atoms with van der Waals surface area (Å²) in [5.41, 5.74) is 1.14. The van der Waals surface area contributed by atoms with Crippen molar-refractivity contribution in [3.8, 4) is 5.75 Å². The topological polar surface area (TPSA) is 55.8 Å². The van der Waals surface area contributed by atoms with Gasteiger partial charge < -0.3 is 9.47 Å². The van der Waals surface area contributed by atoms with E-state index < -0.39 is 15.6 Å². The first-order chi connectivity index (χ1) is 12.3. The summed E-state index contributed by atoms with van der Waals surface area (Å²) in [4.78, 5) is 0.276. The van der Waals surface area contributed by atoms with Gasteiger partial charge in [-0.25, -0.2) is 8.42 Å². The Labute approximate surface area is 155 Å². The van der Waals surface area contributed by atoms with E-state index in [2.05, 4.69) is 0 Å². The summed E-state index contributed by atoms with van der Waals surface area (Å²) in [7, 11) is -2.08. The molecule has 3 rings (SSSR count). The second-order valence-corrected chi connectivity index (χ2v) is 9.05. The van der Waals surface area contributed by atoms with Crippen LogP contribution in [0.4, 0.5) is 0 Å². The summed E-state index contributed by atoms with van der Waals surface area (Å²) in [6.45, 7) is 6.24. The average molecular weight is 375 g/mol. The first kappa shape index (κ1) is 18.9. The Morgan fingerprint density at radius 3 is 2.46 bits per heavy atom. The van der Waals surface area contributed by atoms with Crippen molar-refractivity contribution in [2.75, 3.05) is 20.3 Å². The minimum absolute atomic E-state index is 0.276. The molecule has 1 aliphatic heterocycles. The molecule has 1 aliphatic rings. The predicted octanol–water partition coefficient (Wildman–Crippen LogP) is 3.54. The Balaban J connectivity index is 1.96. The van der Waals surface area contributed by atoms with Crippen LogP contribution in [0, 0.1) is 6.92 Å². The number of rotatable bonds is 4. The fourth-order valence-corrected chi connectivity index (χ4v) is 5.11. The first-order valence-corrected chi connectivity index (χ1v) is 10.0. The fourth-order valence-electron chi connectivity index (χ4n) is 3.26. The minimum Gasteiger partial charge on any atom is -0.496 e. The summed E-state index contributed by atoms with van der Waals surface area (Å²) < 4.78 is 39.5. The lowest BCUT2D eigenvalue weighted by molar-refractivity contribution is -0.0655. The maximum Gasteiger partial charge on any atom is 0.243 e. The lowest BCUT2D eigenvalue weighted by atomic mass is 10.0. The zero-order valence-electron chi connectivity index (χ0n) is 15.6. The monoisotopic (exact) mass is 375 g/mol. The van der Waals surface area contributed by atoms with Crippen LogP contribution in [0.15, 0.2) is 53.4 Å². The van der Waals surface area contributed by atoms with E-state index in [0.29, 0.717) is 12.4 Å². The molecule has 1 atom stereocenters. The SMILES string of the molecule is COc1ccc(S(=O)(=O)N2CC(c3ccccc3)OCC2(C)C)cc1C. The van der Waals surface area contributed by atoms with Crippen molar-refractivity contribution in [2.45, 2.75) is 37.3 Å². The van der Waals surface area contributed by atoms with Crippen LogP contribution in [0.25, 0.3) is 0 Å². The molecule has 0 bridgehead atoms. The average Bonchev–Trinajstić information content (AvgIpc) is 2.62. The molecule has 1 fully saturated rings. The van der Waals surface area contributed by atoms with Crippen molar-refractivity contribution in [3.05, 3.63) is 59.7 Å². The molecule has 2 aromatic carbocycles. The molecule has 5 nitrogen and oxygen atoms in total. The summed E-state index contributed by atoms with van der Waals surface area (Å²) in [5.74, 6) is 0.673. The highest BCUT2D eigenvalue weighted by Gasteiger charge is 2.43. The molecular formula is C20H25NO4S. The molecule has 1 heterocycles. The van der Waals surface area contributed by atoms with E-state index in [1.165, 1.54) is 0 Å². The van der Waals surface area contributed by atoms with Crippen LogP contribution in [0.5, 0.6) is 5.75 Å². The van der Waals surface area contributed by atoms with Gasteiger partial charge in [0.05, 0.1) is 30.3 Å². The zero-order chi connectivity index (χ0) is 18.9. The lowest BCUT2D eigenvalue weighted by Gasteiger charge is -2.44. The molecule has 0 aliphatic carbocycles. The van der Waals surface area contributed by atoms with Gasteiger partial charge in [-0.15, -0.1) is 0 Å². The number of nitrogens with zero attached hydrogens (tertiary/aromatic N) is 1. The highest BCUT2D eigenvalue weighted by Crippen LogP contribution is 2.35. The Morgan fingerprint density at radius 1 is 1.15 bits per heavy atom. The Kier molecular flexibility index (Phi) is 5.10. The van der Waals surface area contributed by atoms with E-state index in [-0.39, 0.29) is 17.5 Å². The number of aryl methyl sites for hydroxylation is 1. The van der Waals surface area contributed by atoms with E-state index in [0.717, 1.165) is 11.1 Å². The summed E-state index contributed by atoms with van der Waals surface area (Å²) in [6.07, 6.45) is -0.279. The van der Waals surface area contributed by atoms with E-state index >= 15 is 0 Å². The van der Waals surface area contributed by atoms with Crippen LogP contribution in [0.3, 0.4) is 0 Å². The number of hydrogen-bond acceptors (Lipinski definition) is 4. The Hall–Kier alpha value is -1.89. The van der Waals surface area contributed by atoms with Crippen LogP contribution in [-0.4, -0.2) is 38.5 Å². The second kappa shape index (κ2) is 7.02. The molecule has 0 radical (unpaired) electrons. The second-order valence-electron chi connectivity index (χ2n) is 7.19. The van der Waals surface area contributed by atoms with Gasteiger partial charge in [-0.1, -0.05) is 30.3 Å². The largest absolute Gasteiger partial charge is 0.496 e. The third kappa shape index (κ3) is 3.49. The molecule has 2 aromatic rings. The number of methoxy groups -OCH3 is 1. The molecule has 0 saturated carbocycles. The molecule has 0 aromatic heterocycles. The van der Waals surface area contributed by atoms with Crippen LogP contribution < -0.4 is 4.74 Å². The molecular weight excluding hydrogens is 350 g/mol. The lowest BCUT2D eigenvalue weighted by Crippen LogP contribution is -2.56. The molecule has 26 heavy (non-hydrogen) atoms. The quantitative estimate of drug-likeness (QED) is 0.820. The van der Waals surface area contributed by atoms with Gasteiger partial charge in [0.25, 0.3) is 0 Å². The highest BCUT2D eigenvalue weighted by atomic mass is 32.2. The smallest absolute Gasteiger partial charge is 0.243 e. The normalized spacial score (nSPS) is 20.7. The van der Waals surface area contributed by atoms with E-state index in [9.17, 15) is 8.42 Å². The maximum absolute atomic E-state index is 13.4. The standard InChI is InChI=1S/C20H25NO4S/c1-15-12-17(10-11-18(15)24-4)26(22,23)21-13-19(25-14-20(21,2)3)16-8-6-5-7-9-16/h5-12,19H,13-14H2,1-4H3. The van der Waals surface area contributed by atoms with Gasteiger partial charge in [0.15, 0.2) is 0 Å². The van der Waals surface area contributed by atoms with Crippen molar-refractivity contribution in [3.63, 3.8) is 0 Å². The summed E-state index contributed by atoms with van der Waals surface area (Å²) >= 11 is 0. The number of benzene rings is 2. The van der Waals surface area contributed by atoms with E-state index in [4.69, 9.17) is 9.47 Å². The van der Waals surface area contributed by atoms with Crippen LogP contribution in [0.1, 0.15) is 31.1 Å². The van der Waals surface area contributed by atoms with Gasteiger partial charge in [0, 0.05) is 6.54 Å². The zero-order valence-corrected chi connectivity index (χ0v) is 16.4. The molecule has 0 amide bonds. The highest BCUT2D eigenvalue weighted by molar-refractivity contribution is 7.89. The van der Waals surface area contributed by atoms with Crippen LogP contribution >= 0.6 is 0 Å². The van der Waals surface area contributed by atoms with Crippen molar-refractivity contribution in [2.24, 2.45) is 0 Å². The Bertz CT molecular complexity index is 878. The van der Waals surface area contributed by atoms with Crippen molar-refractivity contribution in [1.29, 1.82) is 0 Å². The molecule has 0 spiro atoms. The number of sulfonamides is 1. The first-order valence-electron chi connectivity index (χ1n) is 8.60. The predicted molar refractivity (Wildman–Crippen MR) is 101 cm³/mol. The summed E-state index contributed by atoms with van der Waals surface area (Å²) in [5, 5.41) is 0. The molecule has 6 heteroatoms. The van der Waals surface area contributed by atoms with Gasteiger partial charge in [-0.05, 0) is 50.1 Å². The van der Waals surface area contributed by atoms with Crippen LogP contribution in [0.2, 0.25) is 0 Å². The number of morpholine rings is 1. The number of hydrogen-bond donors (Lipinski definition) is 0. The van der Waals surface area contributed by atoms with Gasteiger partial charge in [-0.2, -0.15) is 4.31 Å². The molecule has 1 unspecified atom stereocenters. The van der Waals surface area contributed by atoms with Gasteiger partial charge in [-0.3, -0.25) is 0 Å². The van der Waals surface area contributed by atoms with Gasteiger partial charge in [0.2, 0.25) is 10.0 Å². The molecule has 0 N–H and O–H groups in total. The van der Waals surface area contributed by atoms with E-state index in [1.807, 2.05) is 51.1 Å². The number of ether oxygens (including phenoxy) is 2. The van der Waals surface area contributed by atoms with Crippen LogP contribution in [-0.2, 0) is 14.8 Å². The molecule has 1 saturated heterocycles.